The monoisotopic (exact) mass is 340 g/mol. The Bertz CT molecular complexity index is 665. The van der Waals surface area contributed by atoms with Crippen LogP contribution in [-0.2, 0) is 13.0 Å². The summed E-state index contributed by atoms with van der Waals surface area (Å²) < 4.78 is 11.2. The number of ether oxygens (including phenoxy) is 2. The number of hydrogen-bond donors (Lipinski definition) is 1. The summed E-state index contributed by atoms with van der Waals surface area (Å²) >= 11 is 0. The van der Waals surface area contributed by atoms with Crippen molar-refractivity contribution in [2.75, 3.05) is 19.8 Å². The Balaban J connectivity index is 0.000000882. The molecule has 118 valence electrons. The first-order valence-corrected chi connectivity index (χ1v) is 7.00. The zero-order chi connectivity index (χ0) is 13.4. The van der Waals surface area contributed by atoms with E-state index in [0.717, 1.165) is 54.6 Å². The van der Waals surface area contributed by atoms with Crippen LogP contribution in [0, 0.1) is 0 Å². The largest absolute Gasteiger partial charge is 0.493 e. The molecule has 3 heterocycles. The third kappa shape index (κ3) is 3.14. The maximum atomic E-state index is 5.70. The summed E-state index contributed by atoms with van der Waals surface area (Å²) in [6, 6.07) is 10.4. The van der Waals surface area contributed by atoms with E-state index in [1.54, 1.807) is 0 Å². The van der Waals surface area contributed by atoms with Crippen LogP contribution in [0.5, 0.6) is 11.6 Å². The number of pyridine rings is 1. The maximum Gasteiger partial charge on any atom is 0.218 e. The molecule has 4 nitrogen and oxygen atoms in total. The Hall–Kier alpha value is -1.49. The lowest BCUT2D eigenvalue weighted by Crippen LogP contribution is -2.16. The molecular weight excluding hydrogens is 323 g/mol. The van der Waals surface area contributed by atoms with Crippen LogP contribution in [0.25, 0.3) is 11.3 Å². The molecule has 0 aliphatic carbocycles. The SMILES string of the molecule is Cl.Cl.c1cc2c(cc1-c1ccc3c(n1)OCCNC3)CCO2. The fourth-order valence-corrected chi connectivity index (χ4v) is 2.68. The lowest BCUT2D eigenvalue weighted by molar-refractivity contribution is 0.314. The van der Waals surface area contributed by atoms with Crippen LogP contribution >= 0.6 is 24.8 Å². The number of fused-ring (bicyclic) bond motifs is 2. The van der Waals surface area contributed by atoms with Crippen molar-refractivity contribution in [3.63, 3.8) is 0 Å². The predicted octanol–water partition coefficient (Wildman–Crippen LogP) is 3.01. The minimum absolute atomic E-state index is 0. The molecule has 6 heteroatoms. The second-order valence-corrected chi connectivity index (χ2v) is 5.11. The minimum Gasteiger partial charge on any atom is -0.493 e. The van der Waals surface area contributed by atoms with E-state index in [1.165, 1.54) is 5.56 Å². The summed E-state index contributed by atoms with van der Waals surface area (Å²) in [6.07, 6.45) is 0.981. The molecule has 0 atom stereocenters. The first kappa shape index (κ1) is 16.9. The van der Waals surface area contributed by atoms with Crippen LogP contribution in [-0.4, -0.2) is 24.7 Å². The average Bonchev–Trinajstić information content (AvgIpc) is 2.83. The number of halogens is 2. The summed E-state index contributed by atoms with van der Waals surface area (Å²) in [6.45, 7) is 3.13. The Labute approximate surface area is 142 Å². The van der Waals surface area contributed by atoms with E-state index >= 15 is 0 Å². The number of benzene rings is 1. The normalized spacial score (nSPS) is 15.1. The van der Waals surface area contributed by atoms with Gasteiger partial charge in [0, 0.05) is 30.6 Å². The standard InChI is InChI=1S/C16H16N2O2.2ClH/c1-3-14(18-16-13(1)10-17-6-8-20-16)11-2-4-15-12(9-11)5-7-19-15;;/h1-4,9,17H,5-8,10H2;2*1H. The van der Waals surface area contributed by atoms with E-state index in [1.807, 2.05) is 6.07 Å². The van der Waals surface area contributed by atoms with E-state index in [0.29, 0.717) is 6.61 Å². The van der Waals surface area contributed by atoms with Gasteiger partial charge in [0.2, 0.25) is 5.88 Å². The lowest BCUT2D eigenvalue weighted by atomic mass is 10.1. The minimum atomic E-state index is 0. The van der Waals surface area contributed by atoms with Gasteiger partial charge >= 0.3 is 0 Å². The molecule has 4 rings (SSSR count). The molecule has 22 heavy (non-hydrogen) atoms. The molecule has 0 fully saturated rings. The third-order valence-electron chi connectivity index (χ3n) is 3.76. The molecule has 0 unspecified atom stereocenters. The van der Waals surface area contributed by atoms with Gasteiger partial charge in [-0.3, -0.25) is 0 Å². The summed E-state index contributed by atoms with van der Waals surface area (Å²) in [4.78, 5) is 4.67. The van der Waals surface area contributed by atoms with E-state index in [-0.39, 0.29) is 24.8 Å². The molecule has 0 saturated carbocycles. The number of nitrogens with zero attached hydrogens (tertiary/aromatic N) is 1. The molecule has 0 radical (unpaired) electrons. The Morgan fingerprint density at radius 2 is 1.86 bits per heavy atom. The summed E-state index contributed by atoms with van der Waals surface area (Å²) in [5.41, 5.74) is 4.47. The van der Waals surface area contributed by atoms with E-state index < -0.39 is 0 Å². The first-order chi connectivity index (χ1) is 9.90. The van der Waals surface area contributed by atoms with Crippen LogP contribution < -0.4 is 14.8 Å². The molecule has 2 aromatic rings. The molecule has 2 aliphatic heterocycles. The average molecular weight is 341 g/mol. The van der Waals surface area contributed by atoms with Crippen molar-refractivity contribution in [3.05, 3.63) is 41.5 Å². The second kappa shape index (κ2) is 7.18. The van der Waals surface area contributed by atoms with Crippen molar-refractivity contribution in [2.24, 2.45) is 0 Å². The molecule has 0 amide bonds. The van der Waals surface area contributed by atoms with Crippen molar-refractivity contribution in [2.45, 2.75) is 13.0 Å². The quantitative estimate of drug-likeness (QED) is 0.866. The van der Waals surface area contributed by atoms with Crippen molar-refractivity contribution >= 4 is 24.8 Å². The highest BCUT2D eigenvalue weighted by Crippen LogP contribution is 2.31. The van der Waals surface area contributed by atoms with Gasteiger partial charge in [-0.05, 0) is 29.8 Å². The van der Waals surface area contributed by atoms with Crippen molar-refractivity contribution < 1.29 is 9.47 Å². The van der Waals surface area contributed by atoms with Gasteiger partial charge in [-0.2, -0.15) is 0 Å². The number of rotatable bonds is 1. The fraction of sp³-hybridized carbons (Fsp3) is 0.312. The zero-order valence-electron chi connectivity index (χ0n) is 12.0. The van der Waals surface area contributed by atoms with Crippen LogP contribution in [0.1, 0.15) is 11.1 Å². The zero-order valence-corrected chi connectivity index (χ0v) is 13.6. The lowest BCUT2D eigenvalue weighted by Gasteiger charge is -2.09. The van der Waals surface area contributed by atoms with Crippen LogP contribution in [0.15, 0.2) is 30.3 Å². The molecule has 1 aromatic heterocycles. The number of nitrogens with one attached hydrogen (secondary N) is 1. The maximum absolute atomic E-state index is 5.70. The molecular formula is C16H18Cl2N2O2. The molecule has 2 aliphatic rings. The van der Waals surface area contributed by atoms with Crippen LogP contribution in [0.3, 0.4) is 0 Å². The van der Waals surface area contributed by atoms with Gasteiger partial charge in [-0.15, -0.1) is 24.8 Å². The Morgan fingerprint density at radius 1 is 0.955 bits per heavy atom. The van der Waals surface area contributed by atoms with E-state index in [9.17, 15) is 0 Å². The summed E-state index contributed by atoms with van der Waals surface area (Å²) in [5.74, 6) is 1.76. The highest BCUT2D eigenvalue weighted by Gasteiger charge is 2.15. The van der Waals surface area contributed by atoms with Crippen LogP contribution in [0.2, 0.25) is 0 Å². The number of hydrogen-bond acceptors (Lipinski definition) is 4. The van der Waals surface area contributed by atoms with Gasteiger partial charge in [0.25, 0.3) is 0 Å². The summed E-state index contributed by atoms with van der Waals surface area (Å²) in [7, 11) is 0. The summed E-state index contributed by atoms with van der Waals surface area (Å²) in [5, 5.41) is 3.32. The van der Waals surface area contributed by atoms with Gasteiger partial charge < -0.3 is 14.8 Å². The Kier molecular flexibility index (Phi) is 5.51. The third-order valence-corrected chi connectivity index (χ3v) is 3.76. The highest BCUT2D eigenvalue weighted by atomic mass is 35.5. The van der Waals surface area contributed by atoms with E-state index in [2.05, 4.69) is 34.6 Å². The smallest absolute Gasteiger partial charge is 0.218 e. The molecule has 0 bridgehead atoms. The van der Waals surface area contributed by atoms with Crippen molar-refractivity contribution in [1.29, 1.82) is 0 Å². The fourth-order valence-electron chi connectivity index (χ4n) is 2.68. The van der Waals surface area contributed by atoms with Gasteiger partial charge in [0.05, 0.1) is 12.3 Å². The van der Waals surface area contributed by atoms with Gasteiger partial charge in [-0.25, -0.2) is 4.98 Å². The highest BCUT2D eigenvalue weighted by molar-refractivity contribution is 5.85. The molecule has 1 aromatic carbocycles. The topological polar surface area (TPSA) is 43.4 Å². The van der Waals surface area contributed by atoms with E-state index in [4.69, 9.17) is 9.47 Å². The predicted molar refractivity (Wildman–Crippen MR) is 90.6 cm³/mol. The number of aromatic nitrogens is 1. The molecule has 0 saturated heterocycles. The second-order valence-electron chi connectivity index (χ2n) is 5.11. The van der Waals surface area contributed by atoms with Gasteiger partial charge in [0.1, 0.15) is 12.4 Å². The molecule has 1 N–H and O–H groups in total. The Morgan fingerprint density at radius 3 is 2.77 bits per heavy atom. The van der Waals surface area contributed by atoms with Crippen molar-refractivity contribution in [1.82, 2.24) is 10.3 Å². The van der Waals surface area contributed by atoms with Crippen molar-refractivity contribution in [3.8, 4) is 22.9 Å². The molecule has 0 spiro atoms. The van der Waals surface area contributed by atoms with Gasteiger partial charge in [-0.1, -0.05) is 6.07 Å². The van der Waals surface area contributed by atoms with Gasteiger partial charge in [0.15, 0.2) is 0 Å². The first-order valence-electron chi connectivity index (χ1n) is 7.00. The van der Waals surface area contributed by atoms with Crippen LogP contribution in [0.4, 0.5) is 0 Å².